The standard InChI is InChI=1S/C21H19NOS/c1-2-13-22-14-11-21(12-15-22)17-8-4-6-10-19(17)24-18-9-5-3-7-16(18)20(21)23/h1,3-10H,11-15H2. The monoisotopic (exact) mass is 333 g/mol. The number of nitrogens with zero attached hydrogens (tertiary/aromatic N) is 1. The normalized spacial score (nSPS) is 19.2. The number of benzene rings is 2. The summed E-state index contributed by atoms with van der Waals surface area (Å²) < 4.78 is 0. The molecule has 0 unspecified atom stereocenters. The molecule has 0 atom stereocenters. The van der Waals surface area contributed by atoms with Crippen LogP contribution in [-0.4, -0.2) is 30.3 Å². The summed E-state index contributed by atoms with van der Waals surface area (Å²) in [5, 5.41) is 0. The number of fused-ring (bicyclic) bond motifs is 3. The fourth-order valence-electron chi connectivity index (χ4n) is 3.91. The number of piperidine rings is 1. The van der Waals surface area contributed by atoms with Crippen molar-refractivity contribution >= 4 is 17.5 Å². The molecule has 120 valence electrons. The number of carbonyl (C=O) groups excluding carboxylic acids is 1. The van der Waals surface area contributed by atoms with Gasteiger partial charge in [-0.25, -0.2) is 0 Å². The van der Waals surface area contributed by atoms with Gasteiger partial charge in [0, 0.05) is 28.4 Å². The van der Waals surface area contributed by atoms with Gasteiger partial charge in [0.2, 0.25) is 0 Å². The molecule has 2 heterocycles. The lowest BCUT2D eigenvalue weighted by atomic mass is 9.68. The van der Waals surface area contributed by atoms with Crippen molar-refractivity contribution in [1.82, 2.24) is 4.90 Å². The Labute approximate surface area is 147 Å². The van der Waals surface area contributed by atoms with Crippen LogP contribution >= 0.6 is 11.8 Å². The largest absolute Gasteiger partial charge is 0.293 e. The summed E-state index contributed by atoms with van der Waals surface area (Å²) in [7, 11) is 0. The molecule has 2 aromatic rings. The first-order valence-electron chi connectivity index (χ1n) is 8.32. The Morgan fingerprint density at radius 2 is 1.71 bits per heavy atom. The van der Waals surface area contributed by atoms with Crippen LogP contribution < -0.4 is 0 Å². The molecule has 0 aromatic heterocycles. The van der Waals surface area contributed by atoms with Crippen molar-refractivity contribution in [3.8, 4) is 12.3 Å². The Balaban J connectivity index is 1.84. The van der Waals surface area contributed by atoms with Crippen molar-refractivity contribution in [1.29, 1.82) is 0 Å². The van der Waals surface area contributed by atoms with E-state index in [9.17, 15) is 4.79 Å². The molecule has 2 aromatic carbocycles. The van der Waals surface area contributed by atoms with Crippen LogP contribution in [0.2, 0.25) is 0 Å². The molecular weight excluding hydrogens is 314 g/mol. The van der Waals surface area contributed by atoms with Crippen LogP contribution in [0.25, 0.3) is 0 Å². The van der Waals surface area contributed by atoms with E-state index in [2.05, 4.69) is 41.2 Å². The predicted octanol–water partition coefficient (Wildman–Crippen LogP) is 4.00. The maximum Gasteiger partial charge on any atom is 0.174 e. The Kier molecular flexibility index (Phi) is 3.96. The van der Waals surface area contributed by atoms with Crippen molar-refractivity contribution in [2.24, 2.45) is 0 Å². The van der Waals surface area contributed by atoms with Crippen LogP contribution in [0.5, 0.6) is 0 Å². The van der Waals surface area contributed by atoms with Gasteiger partial charge in [0.25, 0.3) is 0 Å². The fourth-order valence-corrected chi connectivity index (χ4v) is 5.09. The molecule has 24 heavy (non-hydrogen) atoms. The first kappa shape index (κ1) is 15.5. The van der Waals surface area contributed by atoms with E-state index in [0.717, 1.165) is 36.4 Å². The first-order valence-corrected chi connectivity index (χ1v) is 9.13. The topological polar surface area (TPSA) is 20.3 Å². The smallest absolute Gasteiger partial charge is 0.174 e. The summed E-state index contributed by atoms with van der Waals surface area (Å²) in [4.78, 5) is 18.1. The molecule has 2 aliphatic heterocycles. The molecule has 0 amide bonds. The molecule has 1 saturated heterocycles. The lowest BCUT2D eigenvalue weighted by molar-refractivity contribution is 0.0778. The Morgan fingerprint density at radius 1 is 1.04 bits per heavy atom. The van der Waals surface area contributed by atoms with Gasteiger partial charge in [-0.05, 0) is 30.5 Å². The predicted molar refractivity (Wildman–Crippen MR) is 97.5 cm³/mol. The van der Waals surface area contributed by atoms with E-state index in [-0.39, 0.29) is 5.78 Å². The van der Waals surface area contributed by atoms with Gasteiger partial charge in [-0.15, -0.1) is 6.42 Å². The summed E-state index contributed by atoms with van der Waals surface area (Å²) in [6.45, 7) is 2.41. The van der Waals surface area contributed by atoms with Crippen molar-refractivity contribution < 1.29 is 4.79 Å². The minimum absolute atomic E-state index is 0.274. The van der Waals surface area contributed by atoms with Crippen LogP contribution in [0.3, 0.4) is 0 Å². The number of rotatable bonds is 1. The van der Waals surface area contributed by atoms with Gasteiger partial charge in [-0.1, -0.05) is 54.1 Å². The molecule has 0 radical (unpaired) electrons. The quantitative estimate of drug-likeness (QED) is 0.736. The summed E-state index contributed by atoms with van der Waals surface area (Å²) in [6.07, 6.45) is 7.12. The summed E-state index contributed by atoms with van der Waals surface area (Å²) >= 11 is 1.72. The van der Waals surface area contributed by atoms with Gasteiger partial charge in [0.05, 0.1) is 12.0 Å². The maximum atomic E-state index is 13.6. The van der Waals surface area contributed by atoms with E-state index < -0.39 is 5.41 Å². The number of Topliss-reactive ketones (excluding diaryl/α,β-unsaturated/α-hetero) is 1. The zero-order valence-electron chi connectivity index (χ0n) is 13.5. The second kappa shape index (κ2) is 6.12. The van der Waals surface area contributed by atoms with Gasteiger partial charge in [-0.2, -0.15) is 0 Å². The van der Waals surface area contributed by atoms with E-state index in [1.165, 1.54) is 10.5 Å². The number of hydrogen-bond donors (Lipinski definition) is 0. The van der Waals surface area contributed by atoms with E-state index in [1.807, 2.05) is 18.2 Å². The molecule has 3 heteroatoms. The number of hydrogen-bond acceptors (Lipinski definition) is 3. The lowest BCUT2D eigenvalue weighted by Crippen LogP contribution is -2.47. The molecule has 0 N–H and O–H groups in total. The Bertz CT molecular complexity index is 828. The second-order valence-corrected chi connectivity index (χ2v) is 7.57. The molecule has 0 saturated carbocycles. The molecule has 0 bridgehead atoms. The van der Waals surface area contributed by atoms with Crippen molar-refractivity contribution in [3.63, 3.8) is 0 Å². The fraction of sp³-hybridized carbons (Fsp3) is 0.286. The lowest BCUT2D eigenvalue weighted by Gasteiger charge is -2.40. The molecule has 2 nitrogen and oxygen atoms in total. The third kappa shape index (κ3) is 2.38. The molecule has 2 aliphatic rings. The third-order valence-corrected chi connectivity index (χ3v) is 6.37. The van der Waals surface area contributed by atoms with E-state index in [0.29, 0.717) is 6.54 Å². The molecular formula is C21H19NOS. The molecule has 1 spiro atoms. The van der Waals surface area contributed by atoms with Crippen molar-refractivity contribution in [3.05, 3.63) is 59.7 Å². The zero-order chi connectivity index (χ0) is 16.6. The highest BCUT2D eigenvalue weighted by atomic mass is 32.2. The van der Waals surface area contributed by atoms with E-state index >= 15 is 0 Å². The first-order chi connectivity index (χ1) is 11.7. The van der Waals surface area contributed by atoms with Gasteiger partial charge in [0.1, 0.15) is 0 Å². The summed E-state index contributed by atoms with van der Waals surface area (Å²) in [6, 6.07) is 16.4. The van der Waals surface area contributed by atoms with Crippen LogP contribution in [-0.2, 0) is 5.41 Å². The highest BCUT2D eigenvalue weighted by Crippen LogP contribution is 2.48. The van der Waals surface area contributed by atoms with Crippen LogP contribution in [0.4, 0.5) is 0 Å². The molecule has 0 aliphatic carbocycles. The molecule has 4 rings (SSSR count). The maximum absolute atomic E-state index is 13.6. The second-order valence-electron chi connectivity index (χ2n) is 6.49. The average Bonchev–Trinajstić information content (AvgIpc) is 2.72. The van der Waals surface area contributed by atoms with Gasteiger partial charge < -0.3 is 0 Å². The number of ketones is 1. The van der Waals surface area contributed by atoms with Crippen LogP contribution in [0, 0.1) is 12.3 Å². The van der Waals surface area contributed by atoms with Gasteiger partial charge >= 0.3 is 0 Å². The van der Waals surface area contributed by atoms with Crippen molar-refractivity contribution in [2.45, 2.75) is 28.0 Å². The minimum Gasteiger partial charge on any atom is -0.293 e. The summed E-state index contributed by atoms with van der Waals surface area (Å²) in [5.41, 5.74) is 1.64. The van der Waals surface area contributed by atoms with E-state index in [4.69, 9.17) is 6.42 Å². The number of likely N-dealkylation sites (tertiary alicyclic amines) is 1. The Morgan fingerprint density at radius 3 is 2.46 bits per heavy atom. The van der Waals surface area contributed by atoms with E-state index in [1.54, 1.807) is 11.8 Å². The van der Waals surface area contributed by atoms with Crippen molar-refractivity contribution in [2.75, 3.05) is 19.6 Å². The van der Waals surface area contributed by atoms with Gasteiger partial charge in [0.15, 0.2) is 5.78 Å². The van der Waals surface area contributed by atoms with Gasteiger partial charge in [-0.3, -0.25) is 9.69 Å². The Hall–Kier alpha value is -2.02. The third-order valence-electron chi connectivity index (χ3n) is 5.21. The SMILES string of the molecule is C#CCN1CCC2(CC1)C(=O)c1ccccc1Sc1ccccc12. The summed E-state index contributed by atoms with van der Waals surface area (Å²) in [5.74, 6) is 3.00. The number of terminal acetylenes is 1. The van der Waals surface area contributed by atoms with Crippen LogP contribution in [0.1, 0.15) is 28.8 Å². The highest BCUT2D eigenvalue weighted by Gasteiger charge is 2.46. The highest BCUT2D eigenvalue weighted by molar-refractivity contribution is 7.99. The van der Waals surface area contributed by atoms with Crippen LogP contribution in [0.15, 0.2) is 58.3 Å². The average molecular weight is 333 g/mol. The number of carbonyl (C=O) groups is 1. The molecule has 1 fully saturated rings. The zero-order valence-corrected chi connectivity index (χ0v) is 14.3. The minimum atomic E-state index is -0.415.